The van der Waals surface area contributed by atoms with Crippen molar-refractivity contribution in [1.82, 2.24) is 4.72 Å². The third-order valence-corrected chi connectivity index (χ3v) is 5.15. The largest absolute Gasteiger partial charge is 0.330 e. The van der Waals surface area contributed by atoms with E-state index in [0.717, 1.165) is 31.2 Å². The number of rotatable bonds is 4. The van der Waals surface area contributed by atoms with Crippen LogP contribution < -0.4 is 10.5 Å². The first-order chi connectivity index (χ1) is 9.35. The molecule has 0 spiro atoms. The van der Waals surface area contributed by atoms with Crippen molar-refractivity contribution in [2.24, 2.45) is 5.73 Å². The molecule has 0 saturated heterocycles. The maximum atomic E-state index is 11.3. The molecule has 0 aliphatic heterocycles. The lowest BCUT2D eigenvalue weighted by Gasteiger charge is -2.40. The molecule has 0 radical (unpaired) electrons. The summed E-state index contributed by atoms with van der Waals surface area (Å²) in [4.78, 5) is 0. The third-order valence-electron chi connectivity index (χ3n) is 4.15. The molecule has 0 bridgehead atoms. The topological polar surface area (TPSA) is 72.2 Å². The third kappa shape index (κ3) is 4.83. The van der Waals surface area contributed by atoms with Gasteiger partial charge in [0, 0.05) is 23.0 Å². The van der Waals surface area contributed by atoms with Gasteiger partial charge in [0.05, 0.1) is 6.26 Å². The fourth-order valence-corrected chi connectivity index (χ4v) is 4.05. The first-order valence-electron chi connectivity index (χ1n) is 6.78. The summed E-state index contributed by atoms with van der Waals surface area (Å²) in [5, 5.41) is 0.715. The van der Waals surface area contributed by atoms with Crippen molar-refractivity contribution in [3.8, 4) is 0 Å². The summed E-state index contributed by atoms with van der Waals surface area (Å²) in [7, 11) is -3.14. The van der Waals surface area contributed by atoms with E-state index in [1.807, 2.05) is 18.2 Å². The Morgan fingerprint density at radius 3 is 2.48 bits per heavy atom. The second-order valence-electron chi connectivity index (χ2n) is 5.66. The minimum Gasteiger partial charge on any atom is -0.330 e. The fraction of sp³-hybridized carbons (Fsp3) is 0.571. The van der Waals surface area contributed by atoms with Gasteiger partial charge in [-0.2, -0.15) is 0 Å². The lowest BCUT2D eigenvalue weighted by Crippen LogP contribution is -2.45. The van der Waals surface area contributed by atoms with Crippen LogP contribution in [-0.4, -0.2) is 27.3 Å². The average Bonchev–Trinajstić information content (AvgIpc) is 2.38. The lowest BCUT2D eigenvalue weighted by molar-refractivity contribution is 0.267. The standard InChI is InChI=1S/C14H21ClN2O2S.ClH/c1-20(18,19)17-13-5-7-14(10-16,8-6-13)11-3-2-4-12(15)9-11;/h2-4,9,13,17H,5-8,10,16H2,1H3;1H/t13-,14-;. The van der Waals surface area contributed by atoms with E-state index in [2.05, 4.69) is 10.8 Å². The summed E-state index contributed by atoms with van der Waals surface area (Å²) in [5.41, 5.74) is 7.09. The van der Waals surface area contributed by atoms with Crippen molar-refractivity contribution >= 4 is 34.0 Å². The van der Waals surface area contributed by atoms with E-state index in [-0.39, 0.29) is 23.9 Å². The molecule has 1 aromatic rings. The Morgan fingerprint density at radius 2 is 2.00 bits per heavy atom. The van der Waals surface area contributed by atoms with Gasteiger partial charge in [0.1, 0.15) is 0 Å². The van der Waals surface area contributed by atoms with Crippen LogP contribution in [0.15, 0.2) is 24.3 Å². The molecule has 0 unspecified atom stereocenters. The van der Waals surface area contributed by atoms with Crippen molar-refractivity contribution in [2.75, 3.05) is 12.8 Å². The monoisotopic (exact) mass is 352 g/mol. The highest BCUT2D eigenvalue weighted by atomic mass is 35.5. The molecular formula is C14H22Cl2N2O2S. The van der Waals surface area contributed by atoms with Crippen LogP contribution in [0.25, 0.3) is 0 Å². The zero-order chi connectivity index (χ0) is 14.8. The Balaban J connectivity index is 0.00000220. The van der Waals surface area contributed by atoms with E-state index >= 15 is 0 Å². The second-order valence-corrected chi connectivity index (χ2v) is 7.88. The molecule has 1 aromatic carbocycles. The number of benzene rings is 1. The molecule has 0 heterocycles. The highest BCUT2D eigenvalue weighted by Gasteiger charge is 2.36. The van der Waals surface area contributed by atoms with Gasteiger partial charge >= 0.3 is 0 Å². The first kappa shape index (κ1) is 18.7. The molecule has 1 saturated carbocycles. The number of hydrogen-bond donors (Lipinski definition) is 2. The van der Waals surface area contributed by atoms with Crippen molar-refractivity contribution < 1.29 is 8.42 Å². The minimum absolute atomic E-state index is 0. The molecule has 4 nitrogen and oxygen atoms in total. The summed E-state index contributed by atoms with van der Waals surface area (Å²) in [6.07, 6.45) is 4.55. The summed E-state index contributed by atoms with van der Waals surface area (Å²) in [6.45, 7) is 0.555. The quantitative estimate of drug-likeness (QED) is 0.873. The highest BCUT2D eigenvalue weighted by Crippen LogP contribution is 2.39. The summed E-state index contributed by atoms with van der Waals surface area (Å²) in [5.74, 6) is 0. The molecule has 0 aromatic heterocycles. The first-order valence-corrected chi connectivity index (χ1v) is 9.05. The second kappa shape index (κ2) is 7.29. The van der Waals surface area contributed by atoms with E-state index < -0.39 is 10.0 Å². The minimum atomic E-state index is -3.14. The molecule has 0 atom stereocenters. The van der Waals surface area contributed by atoms with E-state index in [9.17, 15) is 8.42 Å². The van der Waals surface area contributed by atoms with Gasteiger partial charge in [0.25, 0.3) is 0 Å². The molecule has 1 aliphatic rings. The smallest absolute Gasteiger partial charge is 0.208 e. The van der Waals surface area contributed by atoms with Crippen LogP contribution in [0.5, 0.6) is 0 Å². The van der Waals surface area contributed by atoms with Crippen LogP contribution in [-0.2, 0) is 15.4 Å². The predicted molar refractivity (Wildman–Crippen MR) is 89.7 cm³/mol. The van der Waals surface area contributed by atoms with Crippen LogP contribution in [0.3, 0.4) is 0 Å². The Bertz CT molecular complexity index is 570. The molecule has 21 heavy (non-hydrogen) atoms. The van der Waals surface area contributed by atoms with Gasteiger partial charge in [0.15, 0.2) is 0 Å². The van der Waals surface area contributed by atoms with E-state index in [1.54, 1.807) is 0 Å². The van der Waals surface area contributed by atoms with Crippen LogP contribution >= 0.6 is 24.0 Å². The predicted octanol–water partition coefficient (Wildman–Crippen LogP) is 2.45. The van der Waals surface area contributed by atoms with Gasteiger partial charge in [-0.05, 0) is 43.4 Å². The van der Waals surface area contributed by atoms with E-state index in [4.69, 9.17) is 17.3 Å². The molecule has 2 rings (SSSR count). The number of nitrogens with two attached hydrogens (primary N) is 1. The average molecular weight is 353 g/mol. The molecule has 120 valence electrons. The fourth-order valence-electron chi connectivity index (χ4n) is 3.02. The van der Waals surface area contributed by atoms with Crippen molar-refractivity contribution in [3.63, 3.8) is 0 Å². The summed E-state index contributed by atoms with van der Waals surface area (Å²) >= 11 is 6.07. The van der Waals surface area contributed by atoms with Gasteiger partial charge in [-0.15, -0.1) is 12.4 Å². The van der Waals surface area contributed by atoms with Gasteiger partial charge in [-0.25, -0.2) is 13.1 Å². The van der Waals surface area contributed by atoms with Gasteiger partial charge in [-0.1, -0.05) is 23.7 Å². The molecule has 3 N–H and O–H groups in total. The lowest BCUT2D eigenvalue weighted by atomic mass is 9.68. The van der Waals surface area contributed by atoms with E-state index in [0.29, 0.717) is 11.6 Å². The highest BCUT2D eigenvalue weighted by molar-refractivity contribution is 7.88. The van der Waals surface area contributed by atoms with Crippen molar-refractivity contribution in [2.45, 2.75) is 37.1 Å². The van der Waals surface area contributed by atoms with Gasteiger partial charge in [-0.3, -0.25) is 0 Å². The molecule has 1 fully saturated rings. The van der Waals surface area contributed by atoms with Crippen LogP contribution in [0.1, 0.15) is 31.2 Å². The maximum Gasteiger partial charge on any atom is 0.208 e. The Morgan fingerprint density at radius 1 is 1.38 bits per heavy atom. The van der Waals surface area contributed by atoms with Crippen LogP contribution in [0, 0.1) is 0 Å². The number of sulfonamides is 1. The molecule has 0 amide bonds. The van der Waals surface area contributed by atoms with Gasteiger partial charge in [0.2, 0.25) is 10.0 Å². The number of hydrogen-bond acceptors (Lipinski definition) is 3. The SMILES string of the molecule is CS(=O)(=O)N[C@H]1CC[C@](CN)(c2cccc(Cl)c2)CC1.Cl. The number of halogens is 2. The number of nitrogens with one attached hydrogen (secondary N) is 1. The van der Waals surface area contributed by atoms with Gasteiger partial charge < -0.3 is 5.73 Å². The summed E-state index contributed by atoms with van der Waals surface area (Å²) in [6, 6.07) is 7.84. The van der Waals surface area contributed by atoms with Crippen molar-refractivity contribution in [3.05, 3.63) is 34.9 Å². The molecule has 7 heteroatoms. The van der Waals surface area contributed by atoms with Crippen LogP contribution in [0.2, 0.25) is 5.02 Å². The maximum absolute atomic E-state index is 11.3. The zero-order valence-corrected chi connectivity index (χ0v) is 14.4. The Labute approximate surface area is 137 Å². The van der Waals surface area contributed by atoms with Crippen molar-refractivity contribution in [1.29, 1.82) is 0 Å². The van der Waals surface area contributed by atoms with E-state index in [1.165, 1.54) is 6.26 Å². The summed E-state index contributed by atoms with van der Waals surface area (Å²) < 4.78 is 25.3. The van der Waals surface area contributed by atoms with Crippen LogP contribution in [0.4, 0.5) is 0 Å². The Kier molecular flexibility index (Phi) is 6.50. The molecule has 1 aliphatic carbocycles. The molecular weight excluding hydrogens is 331 g/mol. The normalized spacial score (nSPS) is 26.1. The Hall–Kier alpha value is -0.330. The zero-order valence-electron chi connectivity index (χ0n) is 12.0.